The van der Waals surface area contributed by atoms with Crippen molar-refractivity contribution in [3.8, 4) is 11.3 Å². The normalized spacial score (nSPS) is 22.8. The molecular weight excluding hydrogens is 383 g/mol. The summed E-state index contributed by atoms with van der Waals surface area (Å²) in [6.07, 6.45) is -1.19. The van der Waals surface area contributed by atoms with E-state index in [1.165, 1.54) is 6.20 Å². The summed E-state index contributed by atoms with van der Waals surface area (Å²) in [7, 11) is 0. The zero-order valence-electron chi connectivity index (χ0n) is 16.2. The predicted octanol–water partition coefficient (Wildman–Crippen LogP) is 3.99. The van der Waals surface area contributed by atoms with Gasteiger partial charge in [0.05, 0.1) is 34.9 Å². The molecule has 0 radical (unpaired) electrons. The monoisotopic (exact) mass is 405 g/mol. The van der Waals surface area contributed by atoms with E-state index in [0.717, 1.165) is 36.0 Å². The summed E-state index contributed by atoms with van der Waals surface area (Å²) < 4.78 is 45.9. The number of halogens is 3. The summed E-state index contributed by atoms with van der Waals surface area (Å²) in [5, 5.41) is 3.56. The first-order valence-corrected chi connectivity index (χ1v) is 9.70. The second-order valence-electron chi connectivity index (χ2n) is 8.41. The van der Waals surface area contributed by atoms with Crippen LogP contribution >= 0.6 is 0 Å². The summed E-state index contributed by atoms with van der Waals surface area (Å²) in [4.78, 5) is 10.8. The van der Waals surface area contributed by atoms with Gasteiger partial charge < -0.3 is 20.7 Å². The molecule has 4 heterocycles. The molecule has 2 aliphatic heterocycles. The number of fused-ring (bicyclic) bond motifs is 3. The van der Waals surface area contributed by atoms with Gasteiger partial charge in [0.15, 0.2) is 0 Å². The van der Waals surface area contributed by atoms with Gasteiger partial charge in [-0.1, -0.05) is 0 Å². The van der Waals surface area contributed by atoms with Gasteiger partial charge in [0.25, 0.3) is 0 Å². The molecule has 1 unspecified atom stereocenters. The SMILES string of the molecule is CC1(C)OCCN2c3cc(-c4cnc(N)c(C(F)(F)F)c4)nc(C4CC4)c3NC21. The molecule has 6 nitrogen and oxygen atoms in total. The number of nitrogens with two attached hydrogens (primary N) is 1. The number of hydrogen-bond acceptors (Lipinski definition) is 6. The maximum Gasteiger partial charge on any atom is 0.419 e. The molecule has 9 heteroatoms. The summed E-state index contributed by atoms with van der Waals surface area (Å²) in [5.41, 5.74) is 7.77. The van der Waals surface area contributed by atoms with Gasteiger partial charge in [-0.3, -0.25) is 4.98 Å². The van der Waals surface area contributed by atoms with Crippen molar-refractivity contribution >= 4 is 17.2 Å². The predicted molar refractivity (Wildman–Crippen MR) is 104 cm³/mol. The minimum Gasteiger partial charge on any atom is -0.383 e. The lowest BCUT2D eigenvalue weighted by molar-refractivity contribution is -0.137. The van der Waals surface area contributed by atoms with Crippen molar-refractivity contribution in [1.29, 1.82) is 0 Å². The van der Waals surface area contributed by atoms with Crippen LogP contribution in [0.2, 0.25) is 0 Å². The molecular formula is C20H22F3N5O. The lowest BCUT2D eigenvalue weighted by Crippen LogP contribution is -2.58. The van der Waals surface area contributed by atoms with E-state index in [4.69, 9.17) is 15.5 Å². The summed E-state index contributed by atoms with van der Waals surface area (Å²) >= 11 is 0. The van der Waals surface area contributed by atoms with E-state index < -0.39 is 23.2 Å². The molecule has 2 aromatic rings. The fourth-order valence-electron chi connectivity index (χ4n) is 4.21. The van der Waals surface area contributed by atoms with Gasteiger partial charge in [-0.2, -0.15) is 13.2 Å². The second-order valence-corrected chi connectivity index (χ2v) is 8.41. The van der Waals surface area contributed by atoms with Crippen molar-refractivity contribution in [2.24, 2.45) is 0 Å². The zero-order chi connectivity index (χ0) is 20.6. The number of ether oxygens (including phenoxy) is 1. The van der Waals surface area contributed by atoms with E-state index in [1.807, 2.05) is 19.9 Å². The molecule has 0 spiro atoms. The highest BCUT2D eigenvalue weighted by atomic mass is 19.4. The highest BCUT2D eigenvalue weighted by molar-refractivity contribution is 5.83. The molecule has 3 N–H and O–H groups in total. The number of alkyl halides is 3. The van der Waals surface area contributed by atoms with Crippen LogP contribution in [0.5, 0.6) is 0 Å². The zero-order valence-corrected chi connectivity index (χ0v) is 16.2. The van der Waals surface area contributed by atoms with Crippen LogP contribution in [0.1, 0.15) is 43.9 Å². The Bertz CT molecular complexity index is 987. The van der Waals surface area contributed by atoms with Crippen molar-refractivity contribution in [1.82, 2.24) is 9.97 Å². The first-order valence-electron chi connectivity index (χ1n) is 9.70. The second kappa shape index (κ2) is 5.98. The van der Waals surface area contributed by atoms with Gasteiger partial charge in [0.2, 0.25) is 0 Å². The highest BCUT2D eigenvalue weighted by Gasteiger charge is 2.46. The lowest BCUT2D eigenvalue weighted by Gasteiger charge is -2.43. The Morgan fingerprint density at radius 3 is 2.72 bits per heavy atom. The molecule has 154 valence electrons. The fraction of sp³-hybridized carbons (Fsp3) is 0.500. The molecule has 1 saturated carbocycles. The van der Waals surface area contributed by atoms with Gasteiger partial charge in [0, 0.05) is 24.2 Å². The Morgan fingerprint density at radius 1 is 1.28 bits per heavy atom. The third-order valence-electron chi connectivity index (χ3n) is 5.88. The Labute approximate surface area is 166 Å². The van der Waals surface area contributed by atoms with Crippen LogP contribution in [0.25, 0.3) is 11.3 Å². The molecule has 0 bridgehead atoms. The van der Waals surface area contributed by atoms with Crippen LogP contribution in [-0.2, 0) is 10.9 Å². The Balaban J connectivity index is 1.64. The van der Waals surface area contributed by atoms with Crippen molar-refractivity contribution in [2.45, 2.75) is 50.6 Å². The minimum atomic E-state index is -4.57. The first kappa shape index (κ1) is 18.5. The summed E-state index contributed by atoms with van der Waals surface area (Å²) in [6.45, 7) is 5.36. The van der Waals surface area contributed by atoms with E-state index in [2.05, 4.69) is 15.2 Å². The molecule has 2 fully saturated rings. The largest absolute Gasteiger partial charge is 0.419 e. The number of nitrogens with zero attached hydrogens (tertiary/aromatic N) is 3. The van der Waals surface area contributed by atoms with Crippen LogP contribution in [0.4, 0.5) is 30.4 Å². The van der Waals surface area contributed by atoms with E-state index in [-0.39, 0.29) is 6.17 Å². The minimum absolute atomic E-state index is 0.0453. The van der Waals surface area contributed by atoms with Crippen molar-refractivity contribution < 1.29 is 17.9 Å². The summed E-state index contributed by atoms with van der Waals surface area (Å²) in [5.74, 6) is -0.202. The first-order chi connectivity index (χ1) is 13.6. The third kappa shape index (κ3) is 2.99. The van der Waals surface area contributed by atoms with Gasteiger partial charge >= 0.3 is 6.18 Å². The quantitative estimate of drug-likeness (QED) is 0.787. The topological polar surface area (TPSA) is 76.3 Å². The summed E-state index contributed by atoms with van der Waals surface area (Å²) in [6, 6.07) is 2.89. The molecule has 5 rings (SSSR count). The number of anilines is 3. The van der Waals surface area contributed by atoms with E-state index in [0.29, 0.717) is 30.3 Å². The molecule has 2 aromatic heterocycles. The lowest BCUT2D eigenvalue weighted by atomic mass is 10.0. The smallest absolute Gasteiger partial charge is 0.383 e. The van der Waals surface area contributed by atoms with E-state index in [1.54, 1.807) is 0 Å². The maximum atomic E-state index is 13.3. The van der Waals surface area contributed by atoms with Crippen LogP contribution in [0.15, 0.2) is 18.3 Å². The molecule has 3 aliphatic rings. The van der Waals surface area contributed by atoms with Crippen molar-refractivity contribution in [3.05, 3.63) is 29.6 Å². The maximum absolute atomic E-state index is 13.3. The number of aromatic nitrogens is 2. The number of nitrogen functional groups attached to an aromatic ring is 1. The van der Waals surface area contributed by atoms with Crippen LogP contribution in [0, 0.1) is 0 Å². The van der Waals surface area contributed by atoms with Gasteiger partial charge in [-0.15, -0.1) is 0 Å². The average Bonchev–Trinajstić information content (AvgIpc) is 3.41. The van der Waals surface area contributed by atoms with E-state index >= 15 is 0 Å². The van der Waals surface area contributed by atoms with Crippen molar-refractivity contribution in [3.63, 3.8) is 0 Å². The Kier molecular flexibility index (Phi) is 3.81. The van der Waals surface area contributed by atoms with Crippen LogP contribution in [0.3, 0.4) is 0 Å². The van der Waals surface area contributed by atoms with Gasteiger partial charge in [-0.05, 0) is 38.8 Å². The Hall–Kier alpha value is -2.55. The number of rotatable bonds is 2. The average molecular weight is 405 g/mol. The van der Waals surface area contributed by atoms with Gasteiger partial charge in [-0.25, -0.2) is 4.98 Å². The highest BCUT2D eigenvalue weighted by Crippen LogP contribution is 2.51. The van der Waals surface area contributed by atoms with E-state index in [9.17, 15) is 13.2 Å². The van der Waals surface area contributed by atoms with Crippen LogP contribution < -0.4 is 16.0 Å². The van der Waals surface area contributed by atoms with Crippen molar-refractivity contribution in [2.75, 3.05) is 29.1 Å². The van der Waals surface area contributed by atoms with Crippen LogP contribution in [-0.4, -0.2) is 34.9 Å². The number of morpholine rings is 1. The molecule has 0 amide bonds. The van der Waals surface area contributed by atoms with Gasteiger partial charge in [0.1, 0.15) is 17.6 Å². The molecule has 0 aromatic carbocycles. The number of hydrogen-bond donors (Lipinski definition) is 2. The molecule has 1 saturated heterocycles. The Morgan fingerprint density at radius 2 is 2.03 bits per heavy atom. The number of pyridine rings is 2. The molecule has 1 aliphatic carbocycles. The number of nitrogens with one attached hydrogen (secondary N) is 1. The third-order valence-corrected chi connectivity index (χ3v) is 5.88. The fourth-order valence-corrected chi connectivity index (χ4v) is 4.21. The standard InChI is InChI=1S/C20H22F3N5O/c1-19(2)18-27-16-14(28(18)5-6-29-19)8-13(26-15(16)10-3-4-10)11-7-12(20(21,22)23)17(24)25-9-11/h7-10,18,27H,3-6H2,1-2H3,(H2,24,25). The molecule has 29 heavy (non-hydrogen) atoms. The molecule has 1 atom stereocenters.